The molecule has 0 aliphatic rings. The summed E-state index contributed by atoms with van der Waals surface area (Å²) >= 11 is 0. The number of carbonyl (C=O) groups excluding carboxylic acids is 1. The first kappa shape index (κ1) is 16.2. The van der Waals surface area contributed by atoms with Crippen LogP contribution >= 0.6 is 0 Å². The lowest BCUT2D eigenvalue weighted by Crippen LogP contribution is -2.23. The fourth-order valence-electron chi connectivity index (χ4n) is 2.13. The number of benzene rings is 1. The molecule has 0 atom stereocenters. The molecule has 1 aromatic carbocycles. The molecule has 0 bridgehead atoms. The van der Waals surface area contributed by atoms with Crippen LogP contribution in [0.1, 0.15) is 16.2 Å². The molecule has 0 saturated heterocycles. The molecular formula is C16H14N4O5. The van der Waals surface area contributed by atoms with E-state index in [1.807, 2.05) is 0 Å². The van der Waals surface area contributed by atoms with Crippen molar-refractivity contribution >= 4 is 11.6 Å². The van der Waals surface area contributed by atoms with Gasteiger partial charge in [0.2, 0.25) is 11.6 Å². The summed E-state index contributed by atoms with van der Waals surface area (Å²) < 4.78 is 12.0. The number of carbonyl (C=O) groups is 1. The Bertz CT molecular complexity index is 901. The van der Waals surface area contributed by atoms with E-state index < -0.39 is 10.8 Å². The molecule has 0 saturated carbocycles. The van der Waals surface area contributed by atoms with E-state index in [9.17, 15) is 14.9 Å². The van der Waals surface area contributed by atoms with Crippen LogP contribution in [0.5, 0.6) is 11.6 Å². The molecule has 0 fully saturated rings. The lowest BCUT2D eigenvalue weighted by atomic mass is 10.3. The van der Waals surface area contributed by atoms with Gasteiger partial charge in [0.05, 0.1) is 17.7 Å². The third-order valence-corrected chi connectivity index (χ3v) is 3.35. The van der Waals surface area contributed by atoms with Gasteiger partial charge in [-0.3, -0.25) is 14.9 Å². The van der Waals surface area contributed by atoms with E-state index in [0.717, 1.165) is 0 Å². The summed E-state index contributed by atoms with van der Waals surface area (Å²) in [6.07, 6.45) is 1.51. The molecule has 9 nitrogen and oxygen atoms in total. The van der Waals surface area contributed by atoms with Crippen molar-refractivity contribution in [2.75, 3.05) is 0 Å². The Hall–Kier alpha value is -3.62. The highest BCUT2D eigenvalue weighted by atomic mass is 16.6. The van der Waals surface area contributed by atoms with Crippen LogP contribution < -0.4 is 10.1 Å². The second kappa shape index (κ2) is 6.87. The Labute approximate surface area is 142 Å². The van der Waals surface area contributed by atoms with Crippen LogP contribution in [-0.4, -0.2) is 20.6 Å². The van der Waals surface area contributed by atoms with Crippen molar-refractivity contribution in [3.8, 4) is 11.6 Å². The molecule has 0 unspecified atom stereocenters. The molecule has 25 heavy (non-hydrogen) atoms. The van der Waals surface area contributed by atoms with Crippen molar-refractivity contribution in [3.63, 3.8) is 0 Å². The number of furan rings is 1. The number of nitrogens with zero attached hydrogens (tertiary/aromatic N) is 3. The summed E-state index contributed by atoms with van der Waals surface area (Å²) in [4.78, 5) is 22.6. The van der Waals surface area contributed by atoms with Crippen LogP contribution in [0.3, 0.4) is 0 Å². The average Bonchev–Trinajstić information content (AvgIpc) is 3.23. The standard InChI is InChI=1S/C16H14N4O5/c1-19-15(25-14-7-3-2-6-13(14)20(22)23)9-12(18-19)16(21)17-10-11-5-4-8-24-11/h2-9H,10H2,1H3,(H,17,21). The Morgan fingerprint density at radius 3 is 2.88 bits per heavy atom. The van der Waals surface area contributed by atoms with E-state index in [2.05, 4.69) is 10.4 Å². The Kier molecular flexibility index (Phi) is 4.46. The van der Waals surface area contributed by atoms with Crippen LogP contribution in [0.4, 0.5) is 5.69 Å². The number of hydrogen-bond acceptors (Lipinski definition) is 6. The minimum atomic E-state index is -0.539. The van der Waals surface area contributed by atoms with Crippen molar-refractivity contribution in [2.24, 2.45) is 7.05 Å². The molecule has 0 aliphatic carbocycles. The molecule has 2 heterocycles. The summed E-state index contributed by atoms with van der Waals surface area (Å²) in [5, 5.41) is 17.8. The number of nitro benzene ring substituents is 1. The van der Waals surface area contributed by atoms with Gasteiger partial charge in [-0.1, -0.05) is 12.1 Å². The monoisotopic (exact) mass is 342 g/mol. The van der Waals surface area contributed by atoms with Gasteiger partial charge in [-0.15, -0.1) is 0 Å². The number of aromatic nitrogens is 2. The van der Waals surface area contributed by atoms with Crippen LogP contribution in [-0.2, 0) is 13.6 Å². The Morgan fingerprint density at radius 2 is 2.16 bits per heavy atom. The van der Waals surface area contributed by atoms with E-state index in [-0.39, 0.29) is 29.6 Å². The quantitative estimate of drug-likeness (QED) is 0.544. The van der Waals surface area contributed by atoms with Crippen LogP contribution in [0.15, 0.2) is 53.1 Å². The Balaban J connectivity index is 1.74. The van der Waals surface area contributed by atoms with Gasteiger partial charge in [-0.25, -0.2) is 4.68 Å². The highest BCUT2D eigenvalue weighted by Gasteiger charge is 2.18. The van der Waals surface area contributed by atoms with Crippen LogP contribution in [0.2, 0.25) is 0 Å². The number of nitro groups is 1. The van der Waals surface area contributed by atoms with Gasteiger partial charge in [0.1, 0.15) is 5.76 Å². The number of rotatable bonds is 6. The first-order chi connectivity index (χ1) is 12.0. The van der Waals surface area contributed by atoms with E-state index in [4.69, 9.17) is 9.15 Å². The number of hydrogen-bond donors (Lipinski definition) is 1. The molecule has 3 aromatic rings. The zero-order valence-electron chi connectivity index (χ0n) is 13.2. The summed E-state index contributed by atoms with van der Waals surface area (Å²) in [5.41, 5.74) is -0.0461. The van der Waals surface area contributed by atoms with Crippen LogP contribution in [0, 0.1) is 10.1 Å². The highest BCUT2D eigenvalue weighted by molar-refractivity contribution is 5.92. The van der Waals surface area contributed by atoms with E-state index in [1.54, 1.807) is 31.3 Å². The third-order valence-electron chi connectivity index (χ3n) is 3.35. The van der Waals surface area contributed by atoms with E-state index >= 15 is 0 Å². The topological polar surface area (TPSA) is 112 Å². The van der Waals surface area contributed by atoms with Gasteiger partial charge in [-0.2, -0.15) is 5.10 Å². The number of aryl methyl sites for hydroxylation is 1. The minimum absolute atomic E-state index is 0.0676. The summed E-state index contributed by atoms with van der Waals surface area (Å²) in [6.45, 7) is 0.225. The second-order valence-electron chi connectivity index (χ2n) is 5.08. The molecule has 0 aliphatic heterocycles. The van der Waals surface area contributed by atoms with Crippen molar-refractivity contribution in [2.45, 2.75) is 6.54 Å². The highest BCUT2D eigenvalue weighted by Crippen LogP contribution is 2.30. The fourth-order valence-corrected chi connectivity index (χ4v) is 2.13. The molecule has 1 amide bonds. The Morgan fingerprint density at radius 1 is 1.36 bits per heavy atom. The molecular weight excluding hydrogens is 328 g/mol. The molecule has 3 rings (SSSR count). The van der Waals surface area contributed by atoms with Gasteiger partial charge in [-0.05, 0) is 18.2 Å². The van der Waals surface area contributed by atoms with E-state index in [1.165, 1.54) is 29.1 Å². The number of nitrogens with one attached hydrogen (secondary N) is 1. The first-order valence-electron chi connectivity index (χ1n) is 7.30. The summed E-state index contributed by atoms with van der Waals surface area (Å²) in [5.74, 6) is 0.473. The van der Waals surface area contributed by atoms with Gasteiger partial charge in [0.25, 0.3) is 5.91 Å². The second-order valence-corrected chi connectivity index (χ2v) is 5.08. The smallest absolute Gasteiger partial charge is 0.311 e. The maximum atomic E-state index is 12.1. The van der Waals surface area contributed by atoms with Gasteiger partial charge < -0.3 is 14.5 Å². The van der Waals surface area contributed by atoms with Gasteiger partial charge >= 0.3 is 5.69 Å². The SMILES string of the molecule is Cn1nc(C(=O)NCc2ccco2)cc1Oc1ccccc1[N+](=O)[O-]. The largest absolute Gasteiger partial charge is 0.467 e. The maximum absolute atomic E-state index is 12.1. The molecule has 0 spiro atoms. The normalized spacial score (nSPS) is 10.4. The molecule has 0 radical (unpaired) electrons. The number of ether oxygens (including phenoxy) is 1. The molecule has 2 aromatic heterocycles. The minimum Gasteiger partial charge on any atom is -0.467 e. The van der Waals surface area contributed by atoms with Crippen molar-refractivity contribution in [1.82, 2.24) is 15.1 Å². The van der Waals surface area contributed by atoms with Crippen molar-refractivity contribution < 1.29 is 18.9 Å². The van der Waals surface area contributed by atoms with Crippen molar-refractivity contribution in [3.05, 3.63) is 70.3 Å². The predicted octanol–water partition coefficient (Wildman–Crippen LogP) is 2.64. The number of para-hydroxylation sites is 2. The van der Waals surface area contributed by atoms with Gasteiger partial charge in [0.15, 0.2) is 5.69 Å². The molecule has 9 heteroatoms. The zero-order chi connectivity index (χ0) is 17.8. The first-order valence-corrected chi connectivity index (χ1v) is 7.30. The maximum Gasteiger partial charge on any atom is 0.311 e. The lowest BCUT2D eigenvalue weighted by Gasteiger charge is -2.05. The number of amides is 1. The fraction of sp³-hybridized carbons (Fsp3) is 0.125. The molecule has 128 valence electrons. The van der Waals surface area contributed by atoms with E-state index in [0.29, 0.717) is 5.76 Å². The summed E-state index contributed by atoms with van der Waals surface area (Å²) in [7, 11) is 1.58. The van der Waals surface area contributed by atoms with Gasteiger partial charge in [0, 0.05) is 19.2 Å². The average molecular weight is 342 g/mol. The predicted molar refractivity (Wildman–Crippen MR) is 86.3 cm³/mol. The third kappa shape index (κ3) is 3.66. The van der Waals surface area contributed by atoms with Crippen LogP contribution in [0.25, 0.3) is 0 Å². The zero-order valence-corrected chi connectivity index (χ0v) is 13.2. The van der Waals surface area contributed by atoms with Crippen molar-refractivity contribution in [1.29, 1.82) is 0 Å². The molecule has 1 N–H and O–H groups in total. The summed E-state index contributed by atoms with van der Waals surface area (Å²) in [6, 6.07) is 10.8. The lowest BCUT2D eigenvalue weighted by molar-refractivity contribution is -0.385.